The minimum absolute atomic E-state index is 0.00344. The van der Waals surface area contributed by atoms with Gasteiger partial charge in [-0.15, -0.1) is 0 Å². The summed E-state index contributed by atoms with van der Waals surface area (Å²) in [5.41, 5.74) is 7.52. The number of hydrogen-bond donors (Lipinski definition) is 2. The molecule has 13 heteroatoms. The molecule has 3 N–H and O–H groups in total. The van der Waals surface area contributed by atoms with Gasteiger partial charge in [0, 0.05) is 12.2 Å². The quantitative estimate of drug-likeness (QED) is 0.0516. The first-order valence-electron chi connectivity index (χ1n) is 20.2. The van der Waals surface area contributed by atoms with Gasteiger partial charge in [-0.2, -0.15) is 10.4 Å². The molecular formula is C41H63FN5O6P. The SMILES string of the molecule is CCCCCCCCCCCCCCCCCCOCC(COP(O)OC[C@]1(C)CCC(c2ccc3c(N)ncnn23)O1)OCc1ccc(C#N)cc1F. The molecule has 0 saturated carbocycles. The zero-order valence-electron chi connectivity index (χ0n) is 32.6. The van der Waals surface area contributed by atoms with Gasteiger partial charge in [0.1, 0.15) is 29.9 Å². The number of anilines is 1. The first-order valence-corrected chi connectivity index (χ1v) is 21.3. The molecular weight excluding hydrogens is 708 g/mol. The van der Waals surface area contributed by atoms with Crippen molar-refractivity contribution in [2.75, 3.05) is 32.2 Å². The number of nitrogens with two attached hydrogens (primary N) is 1. The molecule has 54 heavy (non-hydrogen) atoms. The largest absolute Gasteiger partial charge is 0.382 e. The molecule has 3 unspecified atom stereocenters. The van der Waals surface area contributed by atoms with Gasteiger partial charge in [-0.05, 0) is 50.5 Å². The Morgan fingerprint density at radius 3 is 2.30 bits per heavy atom. The van der Waals surface area contributed by atoms with Gasteiger partial charge in [0.2, 0.25) is 0 Å². The van der Waals surface area contributed by atoms with Crippen LogP contribution in [-0.4, -0.2) is 57.6 Å². The van der Waals surface area contributed by atoms with Crippen LogP contribution in [0.1, 0.15) is 152 Å². The van der Waals surface area contributed by atoms with E-state index in [1.165, 1.54) is 102 Å². The zero-order chi connectivity index (χ0) is 38.4. The highest BCUT2D eigenvalue weighted by Gasteiger charge is 2.39. The van der Waals surface area contributed by atoms with Crippen LogP contribution in [0.2, 0.25) is 0 Å². The lowest BCUT2D eigenvalue weighted by atomic mass is 10.0. The van der Waals surface area contributed by atoms with Crippen LogP contribution < -0.4 is 5.73 Å². The van der Waals surface area contributed by atoms with Crippen LogP contribution in [-0.2, 0) is 29.9 Å². The number of nitrogen functional groups attached to an aromatic ring is 1. The number of ether oxygens (including phenoxy) is 3. The van der Waals surface area contributed by atoms with Gasteiger partial charge in [-0.1, -0.05) is 109 Å². The Morgan fingerprint density at radius 2 is 1.65 bits per heavy atom. The third-order valence-electron chi connectivity index (χ3n) is 10.2. The van der Waals surface area contributed by atoms with Crippen LogP contribution in [0.5, 0.6) is 0 Å². The molecule has 1 aromatic carbocycles. The van der Waals surface area contributed by atoms with Crippen LogP contribution >= 0.6 is 8.60 Å². The third-order valence-corrected chi connectivity index (χ3v) is 10.9. The predicted octanol–water partition coefficient (Wildman–Crippen LogP) is 10.0. The van der Waals surface area contributed by atoms with E-state index in [2.05, 4.69) is 17.0 Å². The fourth-order valence-corrected chi connectivity index (χ4v) is 7.61. The maximum Gasteiger partial charge on any atom is 0.330 e. The van der Waals surface area contributed by atoms with E-state index >= 15 is 0 Å². The van der Waals surface area contributed by atoms with Crippen LogP contribution in [0.25, 0.3) is 5.52 Å². The highest BCUT2D eigenvalue weighted by atomic mass is 31.2. The summed E-state index contributed by atoms with van der Waals surface area (Å²) in [6, 6.07) is 10.0. The molecule has 0 spiro atoms. The van der Waals surface area contributed by atoms with Crippen molar-refractivity contribution in [1.82, 2.24) is 14.6 Å². The number of nitriles is 1. The lowest BCUT2D eigenvalue weighted by Gasteiger charge is -2.26. The summed E-state index contributed by atoms with van der Waals surface area (Å²) in [5, 5.41) is 13.4. The molecule has 0 bridgehead atoms. The van der Waals surface area contributed by atoms with Crippen molar-refractivity contribution in [3.05, 3.63) is 59.3 Å². The minimum Gasteiger partial charge on any atom is -0.382 e. The Balaban J connectivity index is 1.11. The Hall–Kier alpha value is -2.75. The normalized spacial score (nSPS) is 18.3. The predicted molar refractivity (Wildman–Crippen MR) is 210 cm³/mol. The number of hydrogen-bond acceptors (Lipinski definition) is 10. The zero-order valence-corrected chi connectivity index (χ0v) is 33.5. The van der Waals surface area contributed by atoms with E-state index in [9.17, 15) is 9.28 Å². The fourth-order valence-electron chi connectivity index (χ4n) is 6.86. The number of rotatable bonds is 29. The second kappa shape index (κ2) is 24.7. The van der Waals surface area contributed by atoms with E-state index in [0.717, 1.165) is 30.5 Å². The number of halogens is 1. The maximum atomic E-state index is 14.6. The van der Waals surface area contributed by atoms with Crippen molar-refractivity contribution in [2.45, 2.75) is 154 Å². The first-order chi connectivity index (χ1) is 26.3. The third kappa shape index (κ3) is 15.4. The van der Waals surface area contributed by atoms with Crippen LogP contribution in [0, 0.1) is 17.1 Å². The Bertz CT molecular complexity index is 1540. The van der Waals surface area contributed by atoms with Gasteiger partial charge in [-0.25, -0.2) is 13.9 Å². The summed E-state index contributed by atoms with van der Waals surface area (Å²) in [5.74, 6) is -0.110. The van der Waals surface area contributed by atoms with Crippen molar-refractivity contribution in [3.63, 3.8) is 0 Å². The van der Waals surface area contributed by atoms with Gasteiger partial charge in [0.25, 0.3) is 0 Å². The molecule has 0 aliphatic carbocycles. The number of fused-ring (bicyclic) bond motifs is 1. The highest BCUT2D eigenvalue weighted by Crippen LogP contribution is 2.43. The van der Waals surface area contributed by atoms with Crippen molar-refractivity contribution >= 4 is 19.9 Å². The van der Waals surface area contributed by atoms with E-state index in [1.54, 1.807) is 16.6 Å². The molecule has 0 amide bonds. The van der Waals surface area contributed by atoms with Gasteiger partial charge < -0.3 is 33.9 Å². The summed E-state index contributed by atoms with van der Waals surface area (Å²) in [6.07, 6.45) is 23.0. The molecule has 1 aliphatic heterocycles. The van der Waals surface area contributed by atoms with E-state index in [-0.39, 0.29) is 38.1 Å². The van der Waals surface area contributed by atoms with Crippen molar-refractivity contribution < 1.29 is 32.5 Å². The van der Waals surface area contributed by atoms with Crippen LogP contribution in [0.3, 0.4) is 0 Å². The molecule has 11 nitrogen and oxygen atoms in total. The van der Waals surface area contributed by atoms with E-state index < -0.39 is 26.1 Å². The van der Waals surface area contributed by atoms with Crippen molar-refractivity contribution in [2.24, 2.45) is 0 Å². The summed E-state index contributed by atoms with van der Waals surface area (Å²) >= 11 is 0. The molecule has 3 aromatic rings. The Morgan fingerprint density at radius 1 is 0.981 bits per heavy atom. The van der Waals surface area contributed by atoms with Gasteiger partial charge in [0.15, 0.2) is 5.82 Å². The lowest BCUT2D eigenvalue weighted by Crippen LogP contribution is -2.30. The van der Waals surface area contributed by atoms with Crippen molar-refractivity contribution in [3.8, 4) is 6.07 Å². The lowest BCUT2D eigenvalue weighted by molar-refractivity contribution is -0.0662. The molecule has 4 rings (SSSR count). The molecule has 1 aliphatic rings. The van der Waals surface area contributed by atoms with Crippen molar-refractivity contribution in [1.29, 1.82) is 5.26 Å². The summed E-state index contributed by atoms with van der Waals surface area (Å²) in [4.78, 5) is 14.7. The smallest absolute Gasteiger partial charge is 0.330 e. The molecule has 4 atom stereocenters. The Kier molecular flexibility index (Phi) is 20.1. The summed E-state index contributed by atoms with van der Waals surface area (Å²) in [6.45, 7) is 5.12. The second-order valence-electron chi connectivity index (χ2n) is 14.8. The van der Waals surface area contributed by atoms with Gasteiger partial charge in [-0.3, -0.25) is 0 Å². The Labute approximate surface area is 323 Å². The topological polar surface area (TPSA) is 146 Å². The molecule has 1 saturated heterocycles. The highest BCUT2D eigenvalue weighted by molar-refractivity contribution is 7.40. The van der Waals surface area contributed by atoms with Gasteiger partial charge in [0.05, 0.1) is 49.4 Å². The molecule has 2 aromatic heterocycles. The van der Waals surface area contributed by atoms with Gasteiger partial charge >= 0.3 is 8.60 Å². The summed E-state index contributed by atoms with van der Waals surface area (Å²) < 4.78 is 46.0. The van der Waals surface area contributed by atoms with E-state index in [0.29, 0.717) is 24.4 Å². The maximum absolute atomic E-state index is 14.6. The molecule has 1 fully saturated rings. The fraction of sp³-hybridized carbons (Fsp3) is 0.683. The number of benzene rings is 1. The standard InChI is InChI=1S/C41H63FN5O6P/c1-3-4-5-6-7-8-9-10-11-12-13-14-15-16-17-18-25-49-29-35(50-28-34-20-19-33(27-43)26-36(34)42)30-51-54(48)52-31-41(2)24-23-39(53-41)37-21-22-38-40(44)45-32-46-47(37)38/h19-22,26,32,35,39,48H,3-18,23-25,28-31H2,1-2H3,(H2,44,45,46)/t35?,39?,41-,54?/m0/s1. The summed E-state index contributed by atoms with van der Waals surface area (Å²) in [7, 11) is -2.24. The first kappa shape index (κ1) is 44.0. The van der Waals surface area contributed by atoms with Crippen LogP contribution in [0.4, 0.5) is 10.2 Å². The molecule has 300 valence electrons. The monoisotopic (exact) mass is 771 g/mol. The average molecular weight is 772 g/mol. The van der Waals surface area contributed by atoms with E-state index in [1.807, 2.05) is 25.1 Å². The minimum atomic E-state index is -2.24. The molecule has 0 radical (unpaired) electrons. The number of nitrogens with zero attached hydrogens (tertiary/aromatic N) is 4. The van der Waals surface area contributed by atoms with Crippen LogP contribution in [0.15, 0.2) is 36.7 Å². The average Bonchev–Trinajstić information content (AvgIpc) is 3.79. The van der Waals surface area contributed by atoms with E-state index in [4.69, 9.17) is 34.3 Å². The molecule has 3 heterocycles. The second-order valence-corrected chi connectivity index (χ2v) is 15.8. The number of unbranched alkanes of at least 4 members (excludes halogenated alkanes) is 15. The number of aromatic nitrogens is 3.